The smallest absolute Gasteiger partial charge is 0.221 e. The fourth-order valence-corrected chi connectivity index (χ4v) is 1.10. The van der Waals surface area contributed by atoms with Gasteiger partial charge in [-0.2, -0.15) is 0 Å². The molecule has 0 saturated carbocycles. The number of carbonyl (C=O) groups excluding carboxylic acids is 1. The first-order chi connectivity index (χ1) is 6.00. The Bertz CT molecular complexity index is 354. The van der Waals surface area contributed by atoms with Crippen LogP contribution in [0.3, 0.4) is 0 Å². The molecule has 0 spiro atoms. The zero-order valence-corrected chi connectivity index (χ0v) is 7.24. The Kier molecular flexibility index (Phi) is 2.83. The largest absolute Gasteiger partial charge is 0.369 e. The van der Waals surface area contributed by atoms with Crippen LogP contribution in [0.1, 0.15) is 5.56 Å². The summed E-state index contributed by atoms with van der Waals surface area (Å²) in [6, 6.07) is 1.68. The third-order valence-electron chi connectivity index (χ3n) is 1.45. The maximum absolute atomic E-state index is 12.6. The van der Waals surface area contributed by atoms with E-state index in [9.17, 15) is 13.6 Å². The number of nitrogens with two attached hydrogens (primary N) is 1. The first-order valence-electron chi connectivity index (χ1n) is 3.42. The highest BCUT2D eigenvalue weighted by atomic mass is 35.5. The van der Waals surface area contributed by atoms with Crippen molar-refractivity contribution in [3.05, 3.63) is 34.4 Å². The molecule has 0 aliphatic heterocycles. The molecular weight excluding hydrogens is 200 g/mol. The van der Waals surface area contributed by atoms with Crippen molar-refractivity contribution < 1.29 is 13.6 Å². The molecule has 1 rings (SSSR count). The maximum atomic E-state index is 12.6. The molecule has 0 aliphatic rings. The van der Waals surface area contributed by atoms with Crippen molar-refractivity contribution in [3.8, 4) is 0 Å². The zero-order valence-electron chi connectivity index (χ0n) is 6.48. The quantitative estimate of drug-likeness (QED) is 0.733. The predicted octanol–water partition coefficient (Wildman–Crippen LogP) is 1.65. The summed E-state index contributed by atoms with van der Waals surface area (Å²) in [4.78, 5) is 10.5. The summed E-state index contributed by atoms with van der Waals surface area (Å²) >= 11 is 5.53. The lowest BCUT2D eigenvalue weighted by atomic mass is 10.1. The zero-order chi connectivity index (χ0) is 10.0. The Morgan fingerprint density at radius 3 is 2.46 bits per heavy atom. The third kappa shape index (κ3) is 2.39. The van der Waals surface area contributed by atoms with E-state index in [1.807, 2.05) is 0 Å². The average Bonchev–Trinajstić information content (AvgIpc) is 1.99. The summed E-state index contributed by atoms with van der Waals surface area (Å²) in [7, 11) is 0. The van der Waals surface area contributed by atoms with Gasteiger partial charge in [0.05, 0.1) is 6.42 Å². The lowest BCUT2D eigenvalue weighted by Crippen LogP contribution is -2.14. The molecule has 0 fully saturated rings. The molecule has 2 nitrogen and oxygen atoms in total. The lowest BCUT2D eigenvalue weighted by Gasteiger charge is -2.01. The first-order valence-corrected chi connectivity index (χ1v) is 3.80. The van der Waals surface area contributed by atoms with E-state index in [0.717, 1.165) is 12.1 Å². The van der Waals surface area contributed by atoms with E-state index in [0.29, 0.717) is 0 Å². The second-order valence-corrected chi connectivity index (χ2v) is 2.91. The van der Waals surface area contributed by atoms with Gasteiger partial charge in [-0.3, -0.25) is 4.79 Å². The molecule has 0 heterocycles. The molecule has 1 aromatic carbocycles. The standard InChI is InChI=1S/C8H6ClF2NO/c9-5-3-7(11)6(10)1-4(5)2-8(12)13/h1,3H,2H2,(H2,12,13). The van der Waals surface area contributed by atoms with E-state index in [4.69, 9.17) is 17.3 Å². The molecule has 13 heavy (non-hydrogen) atoms. The number of hydrogen-bond acceptors (Lipinski definition) is 1. The molecule has 2 N–H and O–H groups in total. The minimum Gasteiger partial charge on any atom is -0.369 e. The van der Waals surface area contributed by atoms with Gasteiger partial charge in [0.15, 0.2) is 11.6 Å². The van der Waals surface area contributed by atoms with E-state index in [1.165, 1.54) is 0 Å². The van der Waals surface area contributed by atoms with Crippen LogP contribution >= 0.6 is 11.6 Å². The minimum atomic E-state index is -1.04. The van der Waals surface area contributed by atoms with E-state index in [1.54, 1.807) is 0 Å². The molecule has 0 bridgehead atoms. The van der Waals surface area contributed by atoms with Gasteiger partial charge in [0.1, 0.15) is 0 Å². The second kappa shape index (κ2) is 3.70. The Morgan fingerprint density at radius 1 is 1.38 bits per heavy atom. The van der Waals surface area contributed by atoms with Crippen LogP contribution in [0.2, 0.25) is 5.02 Å². The van der Waals surface area contributed by atoms with Crippen LogP contribution in [0.5, 0.6) is 0 Å². The van der Waals surface area contributed by atoms with Crippen molar-refractivity contribution in [1.82, 2.24) is 0 Å². The number of rotatable bonds is 2. The normalized spacial score (nSPS) is 10.1. The molecule has 5 heteroatoms. The Labute approximate surface area is 78.3 Å². The average molecular weight is 206 g/mol. The number of carbonyl (C=O) groups is 1. The first kappa shape index (κ1) is 9.92. The maximum Gasteiger partial charge on any atom is 0.221 e. The Morgan fingerprint density at radius 2 is 1.92 bits per heavy atom. The summed E-state index contributed by atoms with van der Waals surface area (Å²) in [6.07, 6.45) is -0.198. The van der Waals surface area contributed by atoms with Gasteiger partial charge < -0.3 is 5.73 Å². The van der Waals surface area contributed by atoms with Crippen molar-refractivity contribution in [2.24, 2.45) is 5.73 Å². The van der Waals surface area contributed by atoms with Crippen molar-refractivity contribution in [1.29, 1.82) is 0 Å². The highest BCUT2D eigenvalue weighted by Crippen LogP contribution is 2.20. The van der Waals surface area contributed by atoms with Crippen molar-refractivity contribution in [2.45, 2.75) is 6.42 Å². The fourth-order valence-electron chi connectivity index (χ4n) is 0.887. The van der Waals surface area contributed by atoms with Crippen LogP contribution in [-0.4, -0.2) is 5.91 Å². The topological polar surface area (TPSA) is 43.1 Å². The van der Waals surface area contributed by atoms with Gasteiger partial charge in [0, 0.05) is 5.02 Å². The van der Waals surface area contributed by atoms with Gasteiger partial charge in [-0.1, -0.05) is 11.6 Å². The van der Waals surface area contributed by atoms with Gasteiger partial charge in [0.25, 0.3) is 0 Å². The van der Waals surface area contributed by atoms with E-state index in [2.05, 4.69) is 0 Å². The monoisotopic (exact) mass is 205 g/mol. The van der Waals surface area contributed by atoms with Crippen molar-refractivity contribution >= 4 is 17.5 Å². The van der Waals surface area contributed by atoms with E-state index in [-0.39, 0.29) is 17.0 Å². The number of hydrogen-bond donors (Lipinski definition) is 1. The van der Waals surface area contributed by atoms with Crippen molar-refractivity contribution in [3.63, 3.8) is 0 Å². The van der Waals surface area contributed by atoms with E-state index < -0.39 is 17.5 Å². The van der Waals surface area contributed by atoms with Gasteiger partial charge in [-0.15, -0.1) is 0 Å². The molecule has 0 unspecified atom stereocenters. The molecule has 70 valence electrons. The summed E-state index contributed by atoms with van der Waals surface area (Å²) < 4.78 is 25.1. The van der Waals surface area contributed by atoms with Crippen LogP contribution in [-0.2, 0) is 11.2 Å². The summed E-state index contributed by atoms with van der Waals surface area (Å²) in [5.41, 5.74) is 5.06. The summed E-state index contributed by atoms with van der Waals surface area (Å²) in [5, 5.41) is -0.00213. The predicted molar refractivity (Wildman–Crippen MR) is 44.3 cm³/mol. The van der Waals surface area contributed by atoms with Gasteiger partial charge in [0.2, 0.25) is 5.91 Å². The van der Waals surface area contributed by atoms with Crippen molar-refractivity contribution in [2.75, 3.05) is 0 Å². The SMILES string of the molecule is NC(=O)Cc1cc(F)c(F)cc1Cl. The molecule has 0 atom stereocenters. The molecule has 0 aliphatic carbocycles. The van der Waals surface area contributed by atoms with Crippen LogP contribution in [0.4, 0.5) is 8.78 Å². The Hall–Kier alpha value is -1.16. The highest BCUT2D eigenvalue weighted by molar-refractivity contribution is 6.31. The highest BCUT2D eigenvalue weighted by Gasteiger charge is 2.09. The van der Waals surface area contributed by atoms with Gasteiger partial charge in [-0.05, 0) is 17.7 Å². The molecule has 0 aromatic heterocycles. The molecular formula is C8H6ClF2NO. The summed E-state index contributed by atoms with van der Waals surface area (Å²) in [5.74, 6) is -2.73. The minimum absolute atomic E-state index is 0.00213. The summed E-state index contributed by atoms with van der Waals surface area (Å²) in [6.45, 7) is 0. The lowest BCUT2D eigenvalue weighted by molar-refractivity contribution is -0.117. The molecule has 1 amide bonds. The third-order valence-corrected chi connectivity index (χ3v) is 1.81. The molecule has 1 aromatic rings. The van der Waals surface area contributed by atoms with Crippen LogP contribution in [0.25, 0.3) is 0 Å². The Balaban J connectivity index is 3.08. The number of benzene rings is 1. The molecule has 0 saturated heterocycles. The number of halogens is 3. The fraction of sp³-hybridized carbons (Fsp3) is 0.125. The van der Waals surface area contributed by atoms with Crippen LogP contribution in [0.15, 0.2) is 12.1 Å². The van der Waals surface area contributed by atoms with E-state index >= 15 is 0 Å². The van der Waals surface area contributed by atoms with Crippen LogP contribution in [0, 0.1) is 11.6 Å². The van der Waals surface area contributed by atoms with Gasteiger partial charge >= 0.3 is 0 Å². The van der Waals surface area contributed by atoms with Crippen LogP contribution < -0.4 is 5.73 Å². The number of primary amides is 1. The number of amides is 1. The second-order valence-electron chi connectivity index (χ2n) is 2.50. The molecule has 0 radical (unpaired) electrons. The van der Waals surface area contributed by atoms with Gasteiger partial charge in [-0.25, -0.2) is 8.78 Å².